The topological polar surface area (TPSA) is 64.0 Å². The lowest BCUT2D eigenvalue weighted by Crippen LogP contribution is -2.23. The number of rotatable bonds is 7. The molecule has 4 aromatic rings. The smallest absolute Gasteiger partial charge is 0.263 e. The number of anilines is 1. The molecule has 33 heavy (non-hydrogen) atoms. The third-order valence-corrected chi connectivity index (χ3v) is 7.02. The Morgan fingerprint density at radius 1 is 1.12 bits per heavy atom. The molecule has 0 fully saturated rings. The van der Waals surface area contributed by atoms with Crippen LogP contribution >= 0.6 is 23.1 Å². The van der Waals surface area contributed by atoms with Gasteiger partial charge >= 0.3 is 0 Å². The van der Waals surface area contributed by atoms with Crippen LogP contribution in [0.15, 0.2) is 70.5 Å². The third kappa shape index (κ3) is 5.10. The van der Waals surface area contributed by atoms with E-state index in [0.29, 0.717) is 21.9 Å². The van der Waals surface area contributed by atoms with Crippen molar-refractivity contribution in [2.75, 3.05) is 11.1 Å². The zero-order valence-electron chi connectivity index (χ0n) is 18.8. The Kier molecular flexibility index (Phi) is 6.81. The van der Waals surface area contributed by atoms with Crippen molar-refractivity contribution in [1.29, 1.82) is 0 Å². The number of allylic oxidation sites excluding steroid dienone is 1. The second-order valence-electron chi connectivity index (χ2n) is 8.01. The lowest BCUT2D eigenvalue weighted by molar-refractivity contribution is -0.113. The maximum atomic E-state index is 13.4. The van der Waals surface area contributed by atoms with E-state index in [4.69, 9.17) is 4.98 Å². The number of aromatic nitrogens is 2. The van der Waals surface area contributed by atoms with Crippen LogP contribution in [-0.2, 0) is 11.3 Å². The minimum absolute atomic E-state index is 0.117. The molecule has 0 aliphatic heterocycles. The lowest BCUT2D eigenvalue weighted by atomic mass is 10.1. The van der Waals surface area contributed by atoms with Gasteiger partial charge in [0.2, 0.25) is 5.91 Å². The van der Waals surface area contributed by atoms with Gasteiger partial charge in [-0.1, -0.05) is 53.7 Å². The number of aryl methyl sites for hydroxylation is 3. The molecule has 0 atom stereocenters. The Balaban J connectivity index is 1.63. The molecule has 7 heteroatoms. The van der Waals surface area contributed by atoms with Gasteiger partial charge < -0.3 is 5.32 Å². The predicted molar refractivity (Wildman–Crippen MR) is 140 cm³/mol. The molecule has 0 saturated carbocycles. The standard InChI is InChI=1S/C26H25N3O2S2/c1-5-10-29-25(31)23-21(19-8-6-16(2)7-9-19)14-32-24(23)28-26(29)33-15-22(30)27-20-12-17(3)11-18(4)13-20/h5-9,11-14H,1,10,15H2,2-4H3,(H,27,30). The number of fused-ring (bicyclic) bond motifs is 1. The van der Waals surface area contributed by atoms with Crippen molar-refractivity contribution in [2.24, 2.45) is 0 Å². The van der Waals surface area contributed by atoms with Gasteiger partial charge in [0, 0.05) is 23.2 Å². The Hall–Kier alpha value is -3.16. The molecular formula is C26H25N3O2S2. The number of benzene rings is 2. The molecule has 0 aliphatic carbocycles. The number of nitrogens with one attached hydrogen (secondary N) is 1. The second-order valence-corrected chi connectivity index (χ2v) is 9.81. The van der Waals surface area contributed by atoms with Gasteiger partial charge in [0.25, 0.3) is 5.56 Å². The average molecular weight is 476 g/mol. The first-order valence-corrected chi connectivity index (χ1v) is 12.4. The largest absolute Gasteiger partial charge is 0.325 e. The molecule has 1 N–H and O–H groups in total. The van der Waals surface area contributed by atoms with Crippen LogP contribution in [0.25, 0.3) is 21.3 Å². The first-order valence-electron chi connectivity index (χ1n) is 10.6. The van der Waals surface area contributed by atoms with Gasteiger partial charge in [-0.3, -0.25) is 14.2 Å². The fourth-order valence-electron chi connectivity index (χ4n) is 3.73. The van der Waals surface area contributed by atoms with Gasteiger partial charge in [-0.15, -0.1) is 17.9 Å². The van der Waals surface area contributed by atoms with Crippen LogP contribution in [0, 0.1) is 20.8 Å². The fourth-order valence-corrected chi connectivity index (χ4v) is 5.52. The van der Waals surface area contributed by atoms with Gasteiger partial charge in [-0.05, 0) is 49.6 Å². The van der Waals surface area contributed by atoms with Crippen molar-refractivity contribution in [3.8, 4) is 11.1 Å². The SMILES string of the molecule is C=CCn1c(SCC(=O)Nc2cc(C)cc(C)c2)nc2scc(-c3ccc(C)cc3)c2c1=O. The molecule has 2 heterocycles. The first kappa shape index (κ1) is 23.0. The summed E-state index contributed by atoms with van der Waals surface area (Å²) in [6.45, 7) is 10.1. The quantitative estimate of drug-likeness (QED) is 0.203. The predicted octanol–water partition coefficient (Wildman–Crippen LogP) is 5.97. The third-order valence-electron chi connectivity index (χ3n) is 5.17. The van der Waals surface area contributed by atoms with Crippen LogP contribution < -0.4 is 10.9 Å². The highest BCUT2D eigenvalue weighted by Gasteiger charge is 2.18. The van der Waals surface area contributed by atoms with Crippen molar-refractivity contribution in [1.82, 2.24) is 9.55 Å². The fraction of sp³-hybridized carbons (Fsp3) is 0.192. The summed E-state index contributed by atoms with van der Waals surface area (Å²) in [5.74, 6) is 0.00849. The number of carbonyl (C=O) groups is 1. The van der Waals surface area contributed by atoms with E-state index in [-0.39, 0.29) is 17.2 Å². The molecule has 2 aromatic carbocycles. The van der Waals surface area contributed by atoms with Crippen LogP contribution in [0.5, 0.6) is 0 Å². The van der Waals surface area contributed by atoms with Gasteiger partial charge in [0.05, 0.1) is 11.1 Å². The zero-order chi connectivity index (χ0) is 23.5. The molecule has 0 unspecified atom stereocenters. The molecule has 1 amide bonds. The molecule has 0 aliphatic rings. The number of carbonyl (C=O) groups excluding carboxylic acids is 1. The van der Waals surface area contributed by atoms with Crippen LogP contribution in [-0.4, -0.2) is 21.2 Å². The number of nitrogens with zero attached hydrogens (tertiary/aromatic N) is 2. The van der Waals surface area contributed by atoms with Gasteiger partial charge in [0.15, 0.2) is 5.16 Å². The van der Waals surface area contributed by atoms with Gasteiger partial charge in [0.1, 0.15) is 4.83 Å². The number of hydrogen-bond acceptors (Lipinski definition) is 5. The van der Waals surface area contributed by atoms with E-state index in [2.05, 4.69) is 18.0 Å². The van der Waals surface area contributed by atoms with E-state index in [9.17, 15) is 9.59 Å². The summed E-state index contributed by atoms with van der Waals surface area (Å²) >= 11 is 2.70. The van der Waals surface area contributed by atoms with E-state index in [1.165, 1.54) is 28.7 Å². The zero-order valence-corrected chi connectivity index (χ0v) is 20.5. The molecule has 168 valence electrons. The Labute approximate surface area is 201 Å². The summed E-state index contributed by atoms with van der Waals surface area (Å²) in [4.78, 5) is 31.4. The van der Waals surface area contributed by atoms with Crippen LogP contribution in [0.2, 0.25) is 0 Å². The molecule has 2 aromatic heterocycles. The highest BCUT2D eigenvalue weighted by atomic mass is 32.2. The van der Waals surface area contributed by atoms with E-state index in [0.717, 1.165) is 27.9 Å². The van der Waals surface area contributed by atoms with Crippen molar-refractivity contribution in [3.63, 3.8) is 0 Å². The summed E-state index contributed by atoms with van der Waals surface area (Å²) in [5, 5.41) is 6.03. The maximum absolute atomic E-state index is 13.4. The summed E-state index contributed by atoms with van der Waals surface area (Å²) in [5.41, 5.74) is 5.87. The highest BCUT2D eigenvalue weighted by Crippen LogP contribution is 2.32. The van der Waals surface area contributed by atoms with Crippen LogP contribution in [0.4, 0.5) is 5.69 Å². The van der Waals surface area contributed by atoms with Crippen molar-refractivity contribution >= 4 is 44.9 Å². The highest BCUT2D eigenvalue weighted by molar-refractivity contribution is 7.99. The van der Waals surface area contributed by atoms with E-state index < -0.39 is 0 Å². The number of thioether (sulfide) groups is 1. The van der Waals surface area contributed by atoms with Crippen molar-refractivity contribution in [2.45, 2.75) is 32.5 Å². The summed E-state index contributed by atoms with van der Waals surface area (Å²) in [7, 11) is 0. The Bertz CT molecular complexity index is 1380. The van der Waals surface area contributed by atoms with Crippen LogP contribution in [0.1, 0.15) is 16.7 Å². The molecule has 4 rings (SSSR count). The van der Waals surface area contributed by atoms with Gasteiger partial charge in [-0.25, -0.2) is 4.98 Å². The van der Waals surface area contributed by atoms with Crippen molar-refractivity contribution in [3.05, 3.63) is 87.5 Å². The molecular weight excluding hydrogens is 450 g/mol. The summed E-state index contributed by atoms with van der Waals surface area (Å²) in [6.07, 6.45) is 1.67. The first-order chi connectivity index (χ1) is 15.9. The monoisotopic (exact) mass is 475 g/mol. The average Bonchev–Trinajstić information content (AvgIpc) is 3.18. The normalized spacial score (nSPS) is 11.0. The minimum Gasteiger partial charge on any atom is -0.325 e. The van der Waals surface area contributed by atoms with E-state index in [1.54, 1.807) is 10.6 Å². The number of amides is 1. The summed E-state index contributed by atoms with van der Waals surface area (Å²) in [6, 6.07) is 14.0. The number of hydrogen-bond donors (Lipinski definition) is 1. The van der Waals surface area contributed by atoms with E-state index >= 15 is 0 Å². The minimum atomic E-state index is -0.143. The van der Waals surface area contributed by atoms with Crippen molar-refractivity contribution < 1.29 is 4.79 Å². The summed E-state index contributed by atoms with van der Waals surface area (Å²) < 4.78 is 1.59. The molecule has 5 nitrogen and oxygen atoms in total. The van der Waals surface area contributed by atoms with E-state index in [1.807, 2.05) is 62.5 Å². The number of thiophene rings is 1. The molecule has 0 spiro atoms. The van der Waals surface area contributed by atoms with Crippen LogP contribution in [0.3, 0.4) is 0 Å². The maximum Gasteiger partial charge on any atom is 0.263 e. The Morgan fingerprint density at radius 3 is 2.48 bits per heavy atom. The lowest BCUT2D eigenvalue weighted by Gasteiger charge is -2.11. The van der Waals surface area contributed by atoms with Gasteiger partial charge in [-0.2, -0.15) is 0 Å². The second kappa shape index (κ2) is 9.77. The Morgan fingerprint density at radius 2 is 1.82 bits per heavy atom. The molecule has 0 radical (unpaired) electrons. The molecule has 0 saturated heterocycles. The molecule has 0 bridgehead atoms.